The van der Waals surface area contributed by atoms with Gasteiger partial charge in [0.15, 0.2) is 5.11 Å². The predicted molar refractivity (Wildman–Crippen MR) is 88.8 cm³/mol. The van der Waals surface area contributed by atoms with Crippen LogP contribution in [0.5, 0.6) is 5.75 Å². The first-order chi connectivity index (χ1) is 11.0. The van der Waals surface area contributed by atoms with E-state index in [0.29, 0.717) is 17.3 Å². The number of alkyl halides is 2. The Kier molecular flexibility index (Phi) is 5.86. The minimum Gasteiger partial charge on any atom is -0.433 e. The van der Waals surface area contributed by atoms with E-state index < -0.39 is 6.61 Å². The molecule has 124 valence electrons. The van der Waals surface area contributed by atoms with E-state index in [2.05, 4.69) is 20.5 Å². The maximum atomic E-state index is 12.5. The lowest BCUT2D eigenvalue weighted by atomic mass is 10.2. The Bertz CT molecular complexity index is 675. The number of aromatic nitrogens is 2. The summed E-state index contributed by atoms with van der Waals surface area (Å²) in [7, 11) is 0. The van der Waals surface area contributed by atoms with Crippen LogP contribution >= 0.6 is 12.2 Å². The monoisotopic (exact) mass is 340 g/mol. The van der Waals surface area contributed by atoms with Crippen LogP contribution in [0.4, 0.5) is 14.5 Å². The first-order valence-corrected chi connectivity index (χ1v) is 7.50. The molecule has 0 saturated carbocycles. The summed E-state index contributed by atoms with van der Waals surface area (Å²) >= 11 is 5.18. The number of hydrogen-bond acceptors (Lipinski definition) is 3. The third-order valence-corrected chi connectivity index (χ3v) is 3.31. The first kappa shape index (κ1) is 17.1. The lowest BCUT2D eigenvalue weighted by Crippen LogP contribution is -2.28. The molecule has 1 heterocycles. The molecule has 8 heteroatoms. The highest BCUT2D eigenvalue weighted by molar-refractivity contribution is 7.80. The maximum Gasteiger partial charge on any atom is 0.387 e. The molecule has 5 nitrogen and oxygen atoms in total. The average Bonchev–Trinajstić information content (AvgIpc) is 2.95. The van der Waals surface area contributed by atoms with Gasteiger partial charge in [0, 0.05) is 24.8 Å². The molecule has 1 aromatic carbocycles. The summed E-state index contributed by atoms with van der Waals surface area (Å²) in [6.07, 6.45) is 3.66. The van der Waals surface area contributed by atoms with Crippen LogP contribution in [0.3, 0.4) is 0 Å². The molecule has 2 rings (SSSR count). The number of benzene rings is 1. The van der Waals surface area contributed by atoms with Crippen LogP contribution in [0.15, 0.2) is 30.6 Å². The molecule has 1 aromatic heterocycles. The van der Waals surface area contributed by atoms with Gasteiger partial charge in [0.1, 0.15) is 5.75 Å². The zero-order valence-electron chi connectivity index (χ0n) is 12.8. The smallest absolute Gasteiger partial charge is 0.387 e. The van der Waals surface area contributed by atoms with Gasteiger partial charge in [-0.25, -0.2) is 0 Å². The van der Waals surface area contributed by atoms with E-state index in [4.69, 9.17) is 12.2 Å². The van der Waals surface area contributed by atoms with Crippen molar-refractivity contribution in [3.63, 3.8) is 0 Å². The molecule has 0 atom stereocenters. The number of nitrogens with one attached hydrogen (secondary N) is 2. The normalized spacial score (nSPS) is 10.7. The molecule has 0 aliphatic heterocycles. The van der Waals surface area contributed by atoms with Gasteiger partial charge < -0.3 is 15.4 Å². The number of halogens is 2. The van der Waals surface area contributed by atoms with Gasteiger partial charge in [0.05, 0.1) is 11.9 Å². The van der Waals surface area contributed by atoms with E-state index in [1.54, 1.807) is 25.3 Å². The second-order valence-electron chi connectivity index (χ2n) is 4.89. The van der Waals surface area contributed by atoms with Crippen LogP contribution in [-0.2, 0) is 13.1 Å². The van der Waals surface area contributed by atoms with E-state index in [1.807, 2.05) is 17.8 Å². The number of anilines is 1. The minimum atomic E-state index is -2.89. The minimum absolute atomic E-state index is 0.0583. The fourth-order valence-corrected chi connectivity index (χ4v) is 2.13. The molecular formula is C15H18F2N4OS. The summed E-state index contributed by atoms with van der Waals surface area (Å²) in [4.78, 5) is 0. The Morgan fingerprint density at radius 2 is 2.22 bits per heavy atom. The van der Waals surface area contributed by atoms with Crippen molar-refractivity contribution in [3.05, 3.63) is 41.7 Å². The van der Waals surface area contributed by atoms with E-state index in [9.17, 15) is 8.78 Å². The number of rotatable bonds is 6. The fourth-order valence-electron chi connectivity index (χ4n) is 1.95. The molecule has 0 amide bonds. The third-order valence-electron chi connectivity index (χ3n) is 3.07. The van der Waals surface area contributed by atoms with E-state index >= 15 is 0 Å². The van der Waals surface area contributed by atoms with Crippen molar-refractivity contribution in [1.29, 1.82) is 0 Å². The Morgan fingerprint density at radius 3 is 2.87 bits per heavy atom. The molecule has 23 heavy (non-hydrogen) atoms. The zero-order valence-corrected chi connectivity index (χ0v) is 13.7. The topological polar surface area (TPSA) is 51.1 Å². The zero-order chi connectivity index (χ0) is 16.8. The predicted octanol–water partition coefficient (Wildman–Crippen LogP) is 3.30. The SMILES string of the molecule is CCn1cc(CNC(=S)Nc2ccc(C)cc2OC(F)F)cn1. The molecule has 2 aromatic rings. The highest BCUT2D eigenvalue weighted by Gasteiger charge is 2.11. The molecule has 0 unspecified atom stereocenters. The van der Waals surface area contributed by atoms with E-state index in [-0.39, 0.29) is 5.75 Å². The van der Waals surface area contributed by atoms with Crippen LogP contribution in [0.1, 0.15) is 18.1 Å². The summed E-state index contributed by atoms with van der Waals surface area (Å²) in [5.74, 6) is 0.0583. The quantitative estimate of drug-likeness (QED) is 0.790. The van der Waals surface area contributed by atoms with Gasteiger partial charge in [-0.1, -0.05) is 6.07 Å². The average molecular weight is 340 g/mol. The van der Waals surface area contributed by atoms with Crippen LogP contribution in [-0.4, -0.2) is 21.5 Å². The molecule has 0 radical (unpaired) electrons. The van der Waals surface area contributed by atoms with E-state index in [1.165, 1.54) is 6.07 Å². The Morgan fingerprint density at radius 1 is 1.43 bits per heavy atom. The molecule has 0 bridgehead atoms. The van der Waals surface area contributed by atoms with Crippen LogP contribution in [0.2, 0.25) is 0 Å². The van der Waals surface area contributed by atoms with Crippen LogP contribution in [0.25, 0.3) is 0 Å². The number of ether oxygens (including phenoxy) is 1. The van der Waals surface area contributed by atoms with Crippen molar-refractivity contribution < 1.29 is 13.5 Å². The fraction of sp³-hybridized carbons (Fsp3) is 0.333. The number of aryl methyl sites for hydroxylation is 2. The molecule has 0 aliphatic carbocycles. The van der Waals surface area contributed by atoms with Crippen LogP contribution < -0.4 is 15.4 Å². The summed E-state index contributed by atoms with van der Waals surface area (Å²) in [5.41, 5.74) is 2.18. The summed E-state index contributed by atoms with van der Waals surface area (Å²) in [6.45, 7) is 2.18. The summed E-state index contributed by atoms with van der Waals surface area (Å²) in [6, 6.07) is 4.97. The second-order valence-corrected chi connectivity index (χ2v) is 5.30. The van der Waals surface area contributed by atoms with Crippen molar-refractivity contribution in [3.8, 4) is 5.75 Å². The lowest BCUT2D eigenvalue weighted by molar-refractivity contribution is -0.0493. The Balaban J connectivity index is 1.96. The molecule has 0 fully saturated rings. The standard InChI is InChI=1S/C15H18F2N4OS/c1-3-21-9-11(8-19-21)7-18-15(23)20-12-5-4-10(2)6-13(12)22-14(16)17/h4-6,8-9,14H,3,7H2,1-2H3,(H2,18,20,23). The highest BCUT2D eigenvalue weighted by atomic mass is 32.1. The molecular weight excluding hydrogens is 322 g/mol. The van der Waals surface area contributed by atoms with Gasteiger partial charge in [-0.05, 0) is 43.8 Å². The van der Waals surface area contributed by atoms with Crippen LogP contribution in [0, 0.1) is 6.92 Å². The Hall–Kier alpha value is -2.22. The van der Waals surface area contributed by atoms with Crippen molar-refractivity contribution in [2.75, 3.05) is 5.32 Å². The number of thiocarbonyl (C=S) groups is 1. The maximum absolute atomic E-state index is 12.5. The number of hydrogen-bond donors (Lipinski definition) is 2. The lowest BCUT2D eigenvalue weighted by Gasteiger charge is -2.14. The highest BCUT2D eigenvalue weighted by Crippen LogP contribution is 2.27. The summed E-state index contributed by atoms with van der Waals surface area (Å²) in [5, 5.41) is 10.4. The van der Waals surface area contributed by atoms with Crippen molar-refractivity contribution >= 4 is 23.0 Å². The van der Waals surface area contributed by atoms with Gasteiger partial charge in [-0.2, -0.15) is 13.9 Å². The summed E-state index contributed by atoms with van der Waals surface area (Å²) < 4.78 is 31.3. The molecule has 2 N–H and O–H groups in total. The van der Waals surface area contributed by atoms with Gasteiger partial charge >= 0.3 is 6.61 Å². The number of nitrogens with zero attached hydrogens (tertiary/aromatic N) is 2. The van der Waals surface area contributed by atoms with Gasteiger partial charge in [0.2, 0.25) is 0 Å². The third kappa shape index (κ3) is 5.17. The molecule has 0 spiro atoms. The van der Waals surface area contributed by atoms with E-state index in [0.717, 1.165) is 17.7 Å². The van der Waals surface area contributed by atoms with Crippen molar-refractivity contribution in [2.24, 2.45) is 0 Å². The van der Waals surface area contributed by atoms with Gasteiger partial charge in [-0.15, -0.1) is 0 Å². The second kappa shape index (κ2) is 7.87. The Labute approximate surface area is 138 Å². The van der Waals surface area contributed by atoms with Gasteiger partial charge in [-0.3, -0.25) is 4.68 Å². The van der Waals surface area contributed by atoms with Crippen molar-refractivity contribution in [2.45, 2.75) is 33.5 Å². The molecule has 0 saturated heterocycles. The van der Waals surface area contributed by atoms with Gasteiger partial charge in [0.25, 0.3) is 0 Å². The van der Waals surface area contributed by atoms with Crippen molar-refractivity contribution in [1.82, 2.24) is 15.1 Å². The molecule has 0 aliphatic rings. The first-order valence-electron chi connectivity index (χ1n) is 7.09. The largest absolute Gasteiger partial charge is 0.433 e.